The van der Waals surface area contributed by atoms with Crippen LogP contribution in [-0.2, 0) is 0 Å². The van der Waals surface area contributed by atoms with Crippen molar-refractivity contribution in [3.8, 4) is 45.8 Å². The van der Waals surface area contributed by atoms with Crippen molar-refractivity contribution in [2.24, 2.45) is 0 Å². The lowest BCUT2D eigenvalue weighted by molar-refractivity contribution is 0.414. The van der Waals surface area contributed by atoms with Crippen molar-refractivity contribution >= 4 is 34.1 Å². The third-order valence-electron chi connectivity index (χ3n) is 8.53. The summed E-state index contributed by atoms with van der Waals surface area (Å²) in [6, 6.07) is 47.6. The van der Waals surface area contributed by atoms with E-state index < -0.39 is 0 Å². The van der Waals surface area contributed by atoms with Gasteiger partial charge in [-0.15, -0.1) is 20.4 Å². The first-order valence-electron chi connectivity index (χ1n) is 16.5. The summed E-state index contributed by atoms with van der Waals surface area (Å²) in [4.78, 5) is 4.28. The normalized spacial score (nSPS) is 10.7. The van der Waals surface area contributed by atoms with E-state index in [-0.39, 0.29) is 0 Å². The molecule has 0 radical (unpaired) electrons. The topological polar surface area (TPSA) is 95.0 Å². The highest BCUT2D eigenvalue weighted by Crippen LogP contribution is 2.39. The highest BCUT2D eigenvalue weighted by molar-refractivity contribution is 5.81. The van der Waals surface area contributed by atoms with Gasteiger partial charge in [-0.05, 0) is 121 Å². The van der Waals surface area contributed by atoms with E-state index in [0.29, 0.717) is 11.6 Å². The Hall–Kier alpha value is -6.94. The maximum Gasteiger partial charge on any atom is 0.203 e. The summed E-state index contributed by atoms with van der Waals surface area (Å²) in [6.07, 6.45) is 0. The molecule has 1 heterocycles. The van der Waals surface area contributed by atoms with Crippen molar-refractivity contribution in [3.63, 3.8) is 0 Å². The lowest BCUT2D eigenvalue weighted by atomic mass is 10.1. The van der Waals surface area contributed by atoms with Crippen LogP contribution in [0, 0.1) is 0 Å². The second-order valence-electron chi connectivity index (χ2n) is 11.6. The van der Waals surface area contributed by atoms with Crippen LogP contribution in [-0.4, -0.2) is 48.8 Å². The molecule has 0 aliphatic rings. The Kier molecular flexibility index (Phi) is 9.88. The molecule has 10 heteroatoms. The van der Waals surface area contributed by atoms with E-state index in [0.717, 1.165) is 68.2 Å². The fourth-order valence-corrected chi connectivity index (χ4v) is 5.85. The number of aromatic nitrogens is 4. The van der Waals surface area contributed by atoms with Gasteiger partial charge < -0.3 is 28.7 Å². The molecule has 7 aromatic rings. The molecule has 0 bridgehead atoms. The summed E-state index contributed by atoms with van der Waals surface area (Å²) >= 11 is 0. The highest BCUT2D eigenvalue weighted by Gasteiger charge is 2.17. The molecule has 0 aliphatic carbocycles. The Balaban J connectivity index is 1.20. The van der Waals surface area contributed by atoms with E-state index >= 15 is 0 Å². The van der Waals surface area contributed by atoms with Crippen LogP contribution in [0.1, 0.15) is 0 Å². The number of hydrogen-bond donors (Lipinski definition) is 0. The Bertz CT molecular complexity index is 1970. The second kappa shape index (κ2) is 15.3. The summed E-state index contributed by atoms with van der Waals surface area (Å²) in [5.74, 6) is 3.92. The van der Waals surface area contributed by atoms with Crippen molar-refractivity contribution in [2.45, 2.75) is 0 Å². The van der Waals surface area contributed by atoms with Gasteiger partial charge in [-0.1, -0.05) is 24.3 Å². The Morgan fingerprint density at radius 3 is 0.846 bits per heavy atom. The van der Waals surface area contributed by atoms with E-state index in [4.69, 9.17) is 18.9 Å². The number of anilines is 6. The van der Waals surface area contributed by atoms with Crippen molar-refractivity contribution in [2.75, 3.05) is 38.2 Å². The largest absolute Gasteiger partial charge is 0.497 e. The van der Waals surface area contributed by atoms with Crippen LogP contribution in [0.2, 0.25) is 0 Å². The van der Waals surface area contributed by atoms with Crippen LogP contribution < -0.4 is 28.7 Å². The van der Waals surface area contributed by atoms with Crippen molar-refractivity contribution < 1.29 is 18.9 Å². The molecule has 0 saturated heterocycles. The van der Waals surface area contributed by atoms with Crippen molar-refractivity contribution in [1.29, 1.82) is 0 Å². The summed E-state index contributed by atoms with van der Waals surface area (Å²) in [7, 11) is 6.63. The van der Waals surface area contributed by atoms with E-state index in [1.165, 1.54) is 0 Å². The fourth-order valence-electron chi connectivity index (χ4n) is 5.85. The van der Waals surface area contributed by atoms with Gasteiger partial charge in [0.05, 0.1) is 28.4 Å². The van der Waals surface area contributed by atoms with Gasteiger partial charge in [-0.25, -0.2) is 0 Å². The summed E-state index contributed by atoms with van der Waals surface area (Å²) < 4.78 is 21.6. The number of methoxy groups -OCH3 is 4. The first-order chi connectivity index (χ1) is 25.6. The summed E-state index contributed by atoms with van der Waals surface area (Å²) in [5, 5.41) is 18.1. The molecule has 0 fully saturated rings. The van der Waals surface area contributed by atoms with Gasteiger partial charge >= 0.3 is 0 Å². The first kappa shape index (κ1) is 33.6. The Labute approximate surface area is 302 Å². The summed E-state index contributed by atoms with van der Waals surface area (Å²) in [6.45, 7) is 0. The average molecular weight is 689 g/mol. The zero-order valence-electron chi connectivity index (χ0n) is 29.2. The van der Waals surface area contributed by atoms with E-state index in [2.05, 4.69) is 30.2 Å². The van der Waals surface area contributed by atoms with Gasteiger partial charge in [-0.3, -0.25) is 0 Å². The molecule has 52 heavy (non-hydrogen) atoms. The molecule has 0 aliphatic heterocycles. The van der Waals surface area contributed by atoms with Crippen LogP contribution in [0.3, 0.4) is 0 Å². The van der Waals surface area contributed by atoms with Gasteiger partial charge in [0.25, 0.3) is 0 Å². The molecule has 6 aromatic carbocycles. The third-order valence-corrected chi connectivity index (χ3v) is 8.53. The molecule has 1 aromatic heterocycles. The van der Waals surface area contributed by atoms with Gasteiger partial charge in [0.2, 0.25) is 11.6 Å². The van der Waals surface area contributed by atoms with E-state index in [1.54, 1.807) is 28.4 Å². The molecule has 0 N–H and O–H groups in total. The number of ether oxygens (including phenoxy) is 4. The number of rotatable bonds is 12. The van der Waals surface area contributed by atoms with Crippen LogP contribution in [0.5, 0.6) is 23.0 Å². The number of hydrogen-bond acceptors (Lipinski definition) is 10. The quantitative estimate of drug-likeness (QED) is 0.124. The molecule has 0 saturated carbocycles. The SMILES string of the molecule is COc1ccc(N(c2ccc(OC)cc2)c2cccc(-c3nnc(-c4cccc(N(c5ccc(OC)cc5)c5ccc(OC)cc5)c4)nn3)c2)cc1. The number of benzene rings is 6. The molecular formula is C42H36N6O4. The molecule has 0 amide bonds. The van der Waals surface area contributed by atoms with E-state index in [9.17, 15) is 0 Å². The fraction of sp³-hybridized carbons (Fsp3) is 0.0952. The van der Waals surface area contributed by atoms with Crippen molar-refractivity contribution in [1.82, 2.24) is 20.4 Å². The smallest absolute Gasteiger partial charge is 0.203 e. The maximum absolute atomic E-state index is 5.41. The Morgan fingerprint density at radius 1 is 0.327 bits per heavy atom. The zero-order valence-corrected chi connectivity index (χ0v) is 29.2. The highest BCUT2D eigenvalue weighted by atomic mass is 16.5. The summed E-state index contributed by atoms with van der Waals surface area (Å²) in [5.41, 5.74) is 7.17. The predicted molar refractivity (Wildman–Crippen MR) is 204 cm³/mol. The molecule has 0 unspecified atom stereocenters. The average Bonchev–Trinajstić information content (AvgIpc) is 3.22. The molecule has 10 nitrogen and oxygen atoms in total. The lowest BCUT2D eigenvalue weighted by Crippen LogP contribution is -2.10. The second-order valence-corrected chi connectivity index (χ2v) is 11.6. The third kappa shape index (κ3) is 7.17. The molecule has 7 rings (SSSR count). The minimum absolute atomic E-state index is 0.407. The lowest BCUT2D eigenvalue weighted by Gasteiger charge is -2.26. The Morgan fingerprint density at radius 2 is 0.596 bits per heavy atom. The van der Waals surface area contributed by atoms with Crippen LogP contribution in [0.25, 0.3) is 22.8 Å². The molecule has 0 spiro atoms. The maximum atomic E-state index is 5.41. The standard InChI is InChI=1S/C42H36N6O4/c1-49-37-19-11-31(12-20-37)47(32-13-21-38(50-2)22-14-32)35-9-5-7-29(27-35)41-43-45-42(46-44-41)30-8-6-10-36(28-30)48(33-15-23-39(51-3)24-16-33)34-17-25-40(52-4)26-18-34/h5-28H,1-4H3. The minimum atomic E-state index is 0.407. The van der Waals surface area contributed by atoms with Gasteiger partial charge in [0.1, 0.15) is 23.0 Å². The van der Waals surface area contributed by atoms with E-state index in [1.807, 2.05) is 146 Å². The zero-order chi connectivity index (χ0) is 35.9. The number of nitrogens with zero attached hydrogens (tertiary/aromatic N) is 6. The van der Waals surface area contributed by atoms with Gasteiger partial charge in [-0.2, -0.15) is 0 Å². The minimum Gasteiger partial charge on any atom is -0.497 e. The van der Waals surface area contributed by atoms with Crippen LogP contribution >= 0.6 is 0 Å². The van der Waals surface area contributed by atoms with Crippen LogP contribution in [0.15, 0.2) is 146 Å². The molecular weight excluding hydrogens is 652 g/mol. The van der Waals surface area contributed by atoms with Crippen LogP contribution in [0.4, 0.5) is 34.1 Å². The van der Waals surface area contributed by atoms with Gasteiger partial charge in [0.15, 0.2) is 0 Å². The van der Waals surface area contributed by atoms with Crippen molar-refractivity contribution in [3.05, 3.63) is 146 Å². The monoisotopic (exact) mass is 688 g/mol. The first-order valence-corrected chi connectivity index (χ1v) is 16.5. The molecule has 258 valence electrons. The van der Waals surface area contributed by atoms with Gasteiger partial charge in [0, 0.05) is 45.3 Å². The molecule has 0 atom stereocenters. The predicted octanol–water partition coefficient (Wildman–Crippen LogP) is 9.57.